The number of carbonyl (C=O) groups is 1. The van der Waals surface area contributed by atoms with Crippen molar-refractivity contribution >= 4 is 22.4 Å². The minimum absolute atomic E-state index is 0.175. The summed E-state index contributed by atoms with van der Waals surface area (Å²) in [6, 6.07) is -1.06. The van der Waals surface area contributed by atoms with Crippen LogP contribution in [0.25, 0.3) is 0 Å². The molecule has 1 fully saturated rings. The van der Waals surface area contributed by atoms with Gasteiger partial charge in [0.25, 0.3) is 0 Å². The Hall–Kier alpha value is -1.22. The molecule has 112 valence electrons. The molecule has 1 unspecified atom stereocenters. The van der Waals surface area contributed by atoms with Crippen LogP contribution in [0.15, 0.2) is 5.38 Å². The molecule has 1 aliphatic heterocycles. The molecule has 0 radical (unpaired) electrons. The lowest BCUT2D eigenvalue weighted by molar-refractivity contribution is -0.138. The van der Waals surface area contributed by atoms with Crippen LogP contribution in [0.5, 0.6) is 0 Å². The zero-order chi connectivity index (χ0) is 14.5. The molecule has 7 nitrogen and oxygen atoms in total. The van der Waals surface area contributed by atoms with Crippen molar-refractivity contribution in [1.82, 2.24) is 9.88 Å². The van der Waals surface area contributed by atoms with Crippen LogP contribution < -0.4 is 10.6 Å². The van der Waals surface area contributed by atoms with Gasteiger partial charge in [-0.25, -0.2) is 4.98 Å². The number of hydrogen-bond acceptors (Lipinski definition) is 7. The average molecular weight is 300 g/mol. The lowest BCUT2D eigenvalue weighted by Crippen LogP contribution is -2.32. The molecule has 0 spiro atoms. The van der Waals surface area contributed by atoms with Crippen LogP contribution in [0.4, 0.5) is 5.13 Å². The second-order valence-corrected chi connectivity index (χ2v) is 5.61. The van der Waals surface area contributed by atoms with E-state index in [4.69, 9.17) is 15.9 Å². The molecule has 2 heterocycles. The van der Waals surface area contributed by atoms with E-state index in [2.05, 4.69) is 14.8 Å². The second-order valence-electron chi connectivity index (χ2n) is 4.78. The third kappa shape index (κ3) is 3.66. The van der Waals surface area contributed by atoms with Gasteiger partial charge in [0.1, 0.15) is 6.04 Å². The first kappa shape index (κ1) is 15.2. The van der Waals surface area contributed by atoms with Crippen LogP contribution in [0, 0.1) is 0 Å². The standard InChI is InChI=1S/C12H20N4O3S/c13-10(11(18)19)9-8-20-12(14-9)16-3-1-2-15(4-5-16)6-7-17/h8,10,17H,1-7,13H2,(H,18,19). The van der Waals surface area contributed by atoms with E-state index in [1.807, 2.05) is 0 Å². The SMILES string of the molecule is NC(C(=O)O)c1csc(N2CCCN(CCO)CC2)n1. The summed E-state index contributed by atoms with van der Waals surface area (Å²) in [5.74, 6) is -1.06. The van der Waals surface area contributed by atoms with E-state index in [-0.39, 0.29) is 6.61 Å². The molecule has 1 aromatic heterocycles. The van der Waals surface area contributed by atoms with E-state index < -0.39 is 12.0 Å². The van der Waals surface area contributed by atoms with Gasteiger partial charge in [-0.05, 0) is 13.0 Å². The summed E-state index contributed by atoms with van der Waals surface area (Å²) in [6.07, 6.45) is 1.000. The maximum Gasteiger partial charge on any atom is 0.326 e. The highest BCUT2D eigenvalue weighted by atomic mass is 32.1. The van der Waals surface area contributed by atoms with Crippen molar-refractivity contribution in [1.29, 1.82) is 0 Å². The maximum absolute atomic E-state index is 10.9. The number of aromatic nitrogens is 1. The number of carboxylic acids is 1. The summed E-state index contributed by atoms with van der Waals surface area (Å²) >= 11 is 1.43. The molecule has 0 amide bonds. The molecule has 8 heteroatoms. The number of nitrogens with zero attached hydrogens (tertiary/aromatic N) is 3. The van der Waals surface area contributed by atoms with Gasteiger partial charge in [0.15, 0.2) is 5.13 Å². The highest BCUT2D eigenvalue weighted by Crippen LogP contribution is 2.24. The minimum atomic E-state index is -1.06. The largest absolute Gasteiger partial charge is 0.480 e. The predicted molar refractivity (Wildman–Crippen MR) is 77.0 cm³/mol. The first-order chi connectivity index (χ1) is 9.61. The summed E-state index contributed by atoms with van der Waals surface area (Å²) < 4.78 is 0. The number of aliphatic carboxylic acids is 1. The predicted octanol–water partition coefficient (Wildman–Crippen LogP) is -0.268. The lowest BCUT2D eigenvalue weighted by atomic mass is 10.2. The van der Waals surface area contributed by atoms with Crippen molar-refractivity contribution in [2.24, 2.45) is 5.73 Å². The number of anilines is 1. The van der Waals surface area contributed by atoms with Crippen molar-refractivity contribution < 1.29 is 15.0 Å². The van der Waals surface area contributed by atoms with Gasteiger partial charge in [-0.2, -0.15) is 0 Å². The average Bonchev–Trinajstić information content (AvgIpc) is 2.79. The van der Waals surface area contributed by atoms with E-state index in [0.29, 0.717) is 12.2 Å². The highest BCUT2D eigenvalue weighted by molar-refractivity contribution is 7.13. The van der Waals surface area contributed by atoms with E-state index in [9.17, 15) is 4.79 Å². The number of β-amino-alcohol motifs (C(OH)–C–C–N with tert-alkyl or cyclic N) is 1. The van der Waals surface area contributed by atoms with Gasteiger partial charge in [0, 0.05) is 31.6 Å². The molecule has 20 heavy (non-hydrogen) atoms. The molecule has 0 saturated carbocycles. The van der Waals surface area contributed by atoms with E-state index >= 15 is 0 Å². The van der Waals surface area contributed by atoms with Crippen molar-refractivity contribution in [3.05, 3.63) is 11.1 Å². The fraction of sp³-hybridized carbons (Fsp3) is 0.667. The summed E-state index contributed by atoms with van der Waals surface area (Å²) in [4.78, 5) is 19.6. The fourth-order valence-electron chi connectivity index (χ4n) is 2.22. The van der Waals surface area contributed by atoms with Gasteiger partial charge >= 0.3 is 5.97 Å². The Labute approximate surface area is 121 Å². The number of nitrogens with two attached hydrogens (primary N) is 1. The van der Waals surface area contributed by atoms with Crippen LogP contribution in [0.1, 0.15) is 18.2 Å². The van der Waals surface area contributed by atoms with Crippen LogP contribution >= 0.6 is 11.3 Å². The molecule has 0 aliphatic carbocycles. The zero-order valence-electron chi connectivity index (χ0n) is 11.2. The third-order valence-corrected chi connectivity index (χ3v) is 4.29. The van der Waals surface area contributed by atoms with Gasteiger partial charge in [0.2, 0.25) is 0 Å². The van der Waals surface area contributed by atoms with E-state index in [1.165, 1.54) is 11.3 Å². The van der Waals surface area contributed by atoms with Gasteiger partial charge < -0.3 is 20.8 Å². The Morgan fingerprint density at radius 2 is 2.25 bits per heavy atom. The van der Waals surface area contributed by atoms with Crippen molar-refractivity contribution in [3.8, 4) is 0 Å². The number of aliphatic hydroxyl groups excluding tert-OH is 1. The summed E-state index contributed by atoms with van der Waals surface area (Å²) in [7, 11) is 0. The maximum atomic E-state index is 10.9. The molecular weight excluding hydrogens is 280 g/mol. The number of carboxylic acid groups (broad SMARTS) is 1. The van der Waals surface area contributed by atoms with Gasteiger partial charge in [-0.15, -0.1) is 11.3 Å². The Bertz CT molecular complexity index is 454. The fourth-order valence-corrected chi connectivity index (χ4v) is 3.13. The highest BCUT2D eigenvalue weighted by Gasteiger charge is 2.21. The van der Waals surface area contributed by atoms with Gasteiger partial charge in [-0.1, -0.05) is 0 Å². The lowest BCUT2D eigenvalue weighted by Gasteiger charge is -2.20. The van der Waals surface area contributed by atoms with Gasteiger partial charge in [-0.3, -0.25) is 9.69 Å². The molecule has 1 saturated heterocycles. The summed E-state index contributed by atoms with van der Waals surface area (Å²) in [6.45, 7) is 4.42. The Morgan fingerprint density at radius 3 is 2.95 bits per heavy atom. The van der Waals surface area contributed by atoms with Crippen LogP contribution in [0.3, 0.4) is 0 Å². The van der Waals surface area contributed by atoms with Crippen molar-refractivity contribution in [2.45, 2.75) is 12.5 Å². The number of aliphatic hydroxyl groups is 1. The van der Waals surface area contributed by atoms with E-state index in [0.717, 1.165) is 37.7 Å². The quantitative estimate of drug-likeness (QED) is 0.688. The molecule has 0 aromatic carbocycles. The zero-order valence-corrected chi connectivity index (χ0v) is 12.1. The minimum Gasteiger partial charge on any atom is -0.480 e. The van der Waals surface area contributed by atoms with E-state index in [1.54, 1.807) is 5.38 Å². The van der Waals surface area contributed by atoms with Crippen LogP contribution in [-0.2, 0) is 4.79 Å². The summed E-state index contributed by atoms with van der Waals surface area (Å²) in [5, 5.41) is 20.4. The van der Waals surface area contributed by atoms with Crippen molar-refractivity contribution in [3.63, 3.8) is 0 Å². The Morgan fingerprint density at radius 1 is 1.45 bits per heavy atom. The molecule has 1 aromatic rings. The Kier molecular flexibility index (Phi) is 5.30. The molecule has 1 aliphatic rings. The van der Waals surface area contributed by atoms with Gasteiger partial charge in [0.05, 0.1) is 12.3 Å². The van der Waals surface area contributed by atoms with Crippen molar-refractivity contribution in [2.75, 3.05) is 44.2 Å². The molecular formula is C12H20N4O3S. The molecule has 1 atom stereocenters. The topological polar surface area (TPSA) is 103 Å². The summed E-state index contributed by atoms with van der Waals surface area (Å²) in [5.41, 5.74) is 5.97. The first-order valence-electron chi connectivity index (χ1n) is 6.64. The number of hydrogen-bond donors (Lipinski definition) is 3. The normalized spacial score (nSPS) is 18.8. The molecule has 4 N–H and O–H groups in total. The van der Waals surface area contributed by atoms with Crippen LogP contribution in [-0.4, -0.2) is 65.4 Å². The van der Waals surface area contributed by atoms with Crippen LogP contribution in [0.2, 0.25) is 0 Å². The smallest absolute Gasteiger partial charge is 0.326 e. The third-order valence-electron chi connectivity index (χ3n) is 3.37. The molecule has 0 bridgehead atoms. The first-order valence-corrected chi connectivity index (χ1v) is 7.51. The molecule has 2 rings (SSSR count). The number of rotatable bonds is 5. The Balaban J connectivity index is 1.99. The second kappa shape index (κ2) is 6.98. The monoisotopic (exact) mass is 300 g/mol. The number of thiazole rings is 1.